The number of carbonyl (C=O) groups excluding carboxylic acids is 3. The smallest absolute Gasteiger partial charge is 0.306 e. The first kappa shape index (κ1) is 45.4. The fraction of sp³-hybridized carbons (Fsp3) is 0.927. The molecule has 0 amide bonds. The van der Waals surface area contributed by atoms with Gasteiger partial charge in [-0.05, 0) is 25.2 Å². The molecule has 0 aliphatic heterocycles. The van der Waals surface area contributed by atoms with Crippen LogP contribution in [0.5, 0.6) is 0 Å². The van der Waals surface area contributed by atoms with E-state index in [-0.39, 0.29) is 31.1 Å². The van der Waals surface area contributed by atoms with Crippen molar-refractivity contribution in [3.05, 3.63) is 0 Å². The Bertz CT molecular complexity index is 708. The molecule has 0 aliphatic carbocycles. The van der Waals surface area contributed by atoms with E-state index >= 15 is 0 Å². The molecule has 0 rings (SSSR count). The number of carbonyl (C=O) groups is 3. The van der Waals surface area contributed by atoms with E-state index in [0.29, 0.717) is 19.3 Å². The lowest BCUT2D eigenvalue weighted by atomic mass is 9.99. The highest BCUT2D eigenvalue weighted by atomic mass is 16.6. The van der Waals surface area contributed by atoms with Crippen LogP contribution in [-0.4, -0.2) is 37.2 Å². The molecule has 0 saturated heterocycles. The van der Waals surface area contributed by atoms with Gasteiger partial charge < -0.3 is 14.2 Å². The first-order chi connectivity index (χ1) is 22.9. The highest BCUT2D eigenvalue weighted by Gasteiger charge is 2.19. The average Bonchev–Trinajstić information content (AvgIpc) is 3.06. The lowest BCUT2D eigenvalue weighted by molar-refractivity contribution is -0.167. The molecule has 6 nitrogen and oxygen atoms in total. The van der Waals surface area contributed by atoms with Crippen molar-refractivity contribution >= 4 is 17.9 Å². The molecule has 0 N–H and O–H groups in total. The summed E-state index contributed by atoms with van der Waals surface area (Å²) in [6, 6.07) is 0. The van der Waals surface area contributed by atoms with Gasteiger partial charge in [0.1, 0.15) is 13.2 Å². The van der Waals surface area contributed by atoms with Crippen LogP contribution < -0.4 is 0 Å². The van der Waals surface area contributed by atoms with E-state index in [1.807, 2.05) is 0 Å². The predicted octanol–water partition coefficient (Wildman–Crippen LogP) is 12.4. The highest BCUT2D eigenvalue weighted by molar-refractivity contribution is 5.71. The molecule has 0 aromatic heterocycles. The molecular formula is C41H78O6. The van der Waals surface area contributed by atoms with E-state index in [9.17, 15) is 14.4 Å². The van der Waals surface area contributed by atoms with Crippen LogP contribution in [0, 0.1) is 5.92 Å². The van der Waals surface area contributed by atoms with Crippen molar-refractivity contribution in [1.82, 2.24) is 0 Å². The standard InChI is InChI=1S/C41H78O6/c1-5-8-10-12-13-14-18-21-25-29-33-40(43)46-36-38(35-45-39(42)32-28-23-11-9-6-2)47-41(44)34-30-26-22-19-16-15-17-20-24-27-31-37(4)7-3/h37-38H,5-36H2,1-4H3/t37?,38-/m0/s1. The molecule has 278 valence electrons. The molecule has 1 unspecified atom stereocenters. The minimum absolute atomic E-state index is 0.0657. The van der Waals surface area contributed by atoms with Crippen LogP contribution in [0.1, 0.15) is 220 Å². The maximum atomic E-state index is 12.6. The van der Waals surface area contributed by atoms with Gasteiger partial charge in [0, 0.05) is 19.3 Å². The Kier molecular flexibility index (Phi) is 34.5. The molecular weight excluding hydrogens is 588 g/mol. The normalized spacial score (nSPS) is 12.5. The lowest BCUT2D eigenvalue weighted by Gasteiger charge is -2.18. The Balaban J connectivity index is 4.25. The van der Waals surface area contributed by atoms with Crippen molar-refractivity contribution < 1.29 is 28.6 Å². The van der Waals surface area contributed by atoms with Gasteiger partial charge in [-0.1, -0.05) is 182 Å². The summed E-state index contributed by atoms with van der Waals surface area (Å²) in [4.78, 5) is 37.3. The Morgan fingerprint density at radius 3 is 1.11 bits per heavy atom. The summed E-state index contributed by atoms with van der Waals surface area (Å²) < 4.78 is 16.5. The molecule has 0 heterocycles. The van der Waals surface area contributed by atoms with Crippen LogP contribution in [-0.2, 0) is 28.6 Å². The SMILES string of the molecule is CCCCCCCCCCCCC(=O)OC[C@H](COC(=O)CCCCCCC)OC(=O)CCCCCCCCCCCCC(C)CC. The maximum Gasteiger partial charge on any atom is 0.306 e. The summed E-state index contributed by atoms with van der Waals surface area (Å²) in [6.45, 7) is 8.90. The largest absolute Gasteiger partial charge is 0.462 e. The van der Waals surface area contributed by atoms with Crippen LogP contribution in [0.2, 0.25) is 0 Å². The molecule has 0 bridgehead atoms. The van der Waals surface area contributed by atoms with Gasteiger partial charge in [0.15, 0.2) is 6.10 Å². The monoisotopic (exact) mass is 667 g/mol. The second-order valence-corrected chi connectivity index (χ2v) is 14.2. The van der Waals surface area contributed by atoms with Gasteiger partial charge in [-0.15, -0.1) is 0 Å². The van der Waals surface area contributed by atoms with Crippen LogP contribution >= 0.6 is 0 Å². The van der Waals surface area contributed by atoms with Gasteiger partial charge in [-0.25, -0.2) is 0 Å². The Morgan fingerprint density at radius 1 is 0.426 bits per heavy atom. The van der Waals surface area contributed by atoms with Crippen LogP contribution in [0.15, 0.2) is 0 Å². The van der Waals surface area contributed by atoms with E-state index in [1.165, 1.54) is 109 Å². The first-order valence-electron chi connectivity index (χ1n) is 20.4. The van der Waals surface area contributed by atoms with Crippen LogP contribution in [0.3, 0.4) is 0 Å². The second kappa shape index (κ2) is 35.7. The highest BCUT2D eigenvalue weighted by Crippen LogP contribution is 2.16. The molecule has 6 heteroatoms. The van der Waals surface area contributed by atoms with Crippen molar-refractivity contribution in [2.45, 2.75) is 226 Å². The molecule has 0 spiro atoms. The van der Waals surface area contributed by atoms with Gasteiger partial charge >= 0.3 is 17.9 Å². The summed E-state index contributed by atoms with van der Waals surface area (Å²) in [7, 11) is 0. The molecule has 0 fully saturated rings. The zero-order valence-corrected chi connectivity index (χ0v) is 31.7. The van der Waals surface area contributed by atoms with Crippen molar-refractivity contribution in [2.75, 3.05) is 13.2 Å². The fourth-order valence-corrected chi connectivity index (χ4v) is 5.89. The summed E-state index contributed by atoms with van der Waals surface area (Å²) >= 11 is 0. The molecule has 0 saturated carbocycles. The predicted molar refractivity (Wildman–Crippen MR) is 196 cm³/mol. The van der Waals surface area contributed by atoms with Gasteiger partial charge in [-0.3, -0.25) is 14.4 Å². The van der Waals surface area contributed by atoms with Crippen molar-refractivity contribution in [3.8, 4) is 0 Å². The fourth-order valence-electron chi connectivity index (χ4n) is 5.89. The number of unbranched alkanes of at least 4 members (excludes halogenated alkanes) is 22. The summed E-state index contributed by atoms with van der Waals surface area (Å²) in [5, 5.41) is 0. The van der Waals surface area contributed by atoms with E-state index in [4.69, 9.17) is 14.2 Å². The molecule has 0 aliphatic rings. The van der Waals surface area contributed by atoms with Gasteiger partial charge in [0.2, 0.25) is 0 Å². The van der Waals surface area contributed by atoms with Crippen molar-refractivity contribution in [3.63, 3.8) is 0 Å². The minimum atomic E-state index is -0.756. The third-order valence-electron chi connectivity index (χ3n) is 9.40. The van der Waals surface area contributed by atoms with E-state index in [2.05, 4.69) is 27.7 Å². The molecule has 2 atom stereocenters. The number of rotatable bonds is 36. The minimum Gasteiger partial charge on any atom is -0.462 e. The van der Waals surface area contributed by atoms with Gasteiger partial charge in [0.05, 0.1) is 0 Å². The molecule has 0 aromatic carbocycles. The summed E-state index contributed by atoms with van der Waals surface area (Å²) in [5.41, 5.74) is 0. The third-order valence-corrected chi connectivity index (χ3v) is 9.40. The van der Waals surface area contributed by atoms with Crippen molar-refractivity contribution in [1.29, 1.82) is 0 Å². The summed E-state index contributed by atoms with van der Waals surface area (Å²) in [6.07, 6.45) is 32.5. The Morgan fingerprint density at radius 2 is 0.745 bits per heavy atom. The number of hydrogen-bond acceptors (Lipinski definition) is 6. The van der Waals surface area contributed by atoms with Crippen LogP contribution in [0.4, 0.5) is 0 Å². The molecule has 0 radical (unpaired) electrons. The zero-order valence-electron chi connectivity index (χ0n) is 31.7. The Hall–Kier alpha value is -1.59. The quantitative estimate of drug-likeness (QED) is 0.0376. The summed E-state index contributed by atoms with van der Waals surface area (Å²) in [5.74, 6) is -0.00904. The van der Waals surface area contributed by atoms with Crippen LogP contribution in [0.25, 0.3) is 0 Å². The zero-order chi connectivity index (χ0) is 34.6. The third kappa shape index (κ3) is 34.1. The van der Waals surface area contributed by atoms with E-state index in [0.717, 1.165) is 70.1 Å². The van der Waals surface area contributed by atoms with E-state index in [1.54, 1.807) is 0 Å². The van der Waals surface area contributed by atoms with Gasteiger partial charge in [0.25, 0.3) is 0 Å². The van der Waals surface area contributed by atoms with Gasteiger partial charge in [-0.2, -0.15) is 0 Å². The van der Waals surface area contributed by atoms with Crippen molar-refractivity contribution in [2.24, 2.45) is 5.92 Å². The molecule has 0 aromatic rings. The Labute approximate surface area is 291 Å². The average molecular weight is 667 g/mol. The molecule has 47 heavy (non-hydrogen) atoms. The number of hydrogen-bond donors (Lipinski definition) is 0. The lowest BCUT2D eigenvalue weighted by Crippen LogP contribution is -2.30. The maximum absolute atomic E-state index is 12.6. The topological polar surface area (TPSA) is 78.9 Å². The first-order valence-corrected chi connectivity index (χ1v) is 20.4. The number of esters is 3. The number of ether oxygens (including phenoxy) is 3. The van der Waals surface area contributed by atoms with E-state index < -0.39 is 6.10 Å². The second-order valence-electron chi connectivity index (χ2n) is 14.2.